The van der Waals surface area contributed by atoms with Crippen LogP contribution in [-0.2, 0) is 13.1 Å². The first-order chi connectivity index (χ1) is 10.1. The van der Waals surface area contributed by atoms with Crippen LogP contribution < -0.4 is 0 Å². The van der Waals surface area contributed by atoms with E-state index in [2.05, 4.69) is 38.6 Å². The van der Waals surface area contributed by atoms with Crippen LogP contribution in [0.3, 0.4) is 0 Å². The van der Waals surface area contributed by atoms with Crippen molar-refractivity contribution < 1.29 is 5.11 Å². The van der Waals surface area contributed by atoms with Crippen LogP contribution in [-0.4, -0.2) is 53.2 Å². The highest BCUT2D eigenvalue weighted by atomic mass is 16.3. The molecule has 1 aliphatic rings. The molecule has 7 heteroatoms. The number of nitrogens with zero attached hydrogens (tertiary/aromatic N) is 6. The van der Waals surface area contributed by atoms with Crippen LogP contribution >= 0.6 is 0 Å². The lowest BCUT2D eigenvalue weighted by Crippen LogP contribution is -2.37. The predicted molar refractivity (Wildman–Crippen MR) is 77.5 cm³/mol. The smallest absolute Gasteiger partial charge is 0.123 e. The van der Waals surface area contributed by atoms with Gasteiger partial charge >= 0.3 is 0 Å². The number of rotatable bonds is 5. The standard InChI is InChI=1S/C14H22N6O/c1-12(2)20-8-4-15-13(20)9-18-6-3-14(21,10-18)11-19-7-5-16-17-19/h4-5,7-8,12,21H,3,6,9-11H2,1-2H3. The minimum absolute atomic E-state index is 0.402. The number of hydrogen-bond donors (Lipinski definition) is 1. The molecule has 7 nitrogen and oxygen atoms in total. The van der Waals surface area contributed by atoms with Gasteiger partial charge in [0.05, 0.1) is 24.9 Å². The van der Waals surface area contributed by atoms with Crippen molar-refractivity contribution in [3.05, 3.63) is 30.6 Å². The number of aromatic nitrogens is 5. The fourth-order valence-electron chi connectivity index (χ4n) is 2.96. The van der Waals surface area contributed by atoms with Crippen molar-refractivity contribution in [1.29, 1.82) is 0 Å². The van der Waals surface area contributed by atoms with Crippen LogP contribution in [0.4, 0.5) is 0 Å². The Hall–Kier alpha value is -1.73. The molecule has 1 N–H and O–H groups in total. The Balaban J connectivity index is 1.63. The molecular formula is C14H22N6O. The summed E-state index contributed by atoms with van der Waals surface area (Å²) in [7, 11) is 0. The first-order valence-electron chi connectivity index (χ1n) is 7.36. The second-order valence-electron chi connectivity index (χ2n) is 6.13. The van der Waals surface area contributed by atoms with Crippen molar-refractivity contribution in [3.63, 3.8) is 0 Å². The third-order valence-corrected chi connectivity index (χ3v) is 4.01. The van der Waals surface area contributed by atoms with Gasteiger partial charge in [0, 0.05) is 37.7 Å². The van der Waals surface area contributed by atoms with E-state index in [0.29, 0.717) is 19.1 Å². The highest BCUT2D eigenvalue weighted by Gasteiger charge is 2.37. The number of likely N-dealkylation sites (tertiary alicyclic amines) is 1. The SMILES string of the molecule is CC(C)n1ccnc1CN1CCC(O)(Cn2ccnn2)C1. The van der Waals surface area contributed by atoms with Gasteiger partial charge in [-0.15, -0.1) is 5.10 Å². The molecule has 1 fully saturated rings. The normalized spacial score (nSPS) is 23.2. The molecule has 3 heterocycles. The fourth-order valence-corrected chi connectivity index (χ4v) is 2.96. The summed E-state index contributed by atoms with van der Waals surface area (Å²) in [6.07, 6.45) is 8.02. The zero-order valence-electron chi connectivity index (χ0n) is 12.6. The van der Waals surface area contributed by atoms with Crippen LogP contribution in [0.2, 0.25) is 0 Å². The monoisotopic (exact) mass is 290 g/mol. The van der Waals surface area contributed by atoms with Gasteiger partial charge in [0.25, 0.3) is 0 Å². The Morgan fingerprint density at radius 2 is 2.19 bits per heavy atom. The zero-order valence-corrected chi connectivity index (χ0v) is 12.6. The fraction of sp³-hybridized carbons (Fsp3) is 0.643. The Bertz CT molecular complexity index is 578. The maximum atomic E-state index is 10.7. The predicted octanol–water partition coefficient (Wildman–Crippen LogP) is 0.692. The molecule has 0 bridgehead atoms. The van der Waals surface area contributed by atoms with E-state index < -0.39 is 5.60 Å². The van der Waals surface area contributed by atoms with Gasteiger partial charge < -0.3 is 9.67 Å². The van der Waals surface area contributed by atoms with Crippen molar-refractivity contribution in [2.45, 2.75) is 45.0 Å². The lowest BCUT2D eigenvalue weighted by Gasteiger charge is -2.23. The topological polar surface area (TPSA) is 72.0 Å². The molecule has 3 rings (SSSR count). The molecule has 0 saturated carbocycles. The third kappa shape index (κ3) is 3.14. The van der Waals surface area contributed by atoms with Crippen LogP contribution in [0.1, 0.15) is 32.1 Å². The highest BCUT2D eigenvalue weighted by Crippen LogP contribution is 2.24. The summed E-state index contributed by atoms with van der Waals surface area (Å²) >= 11 is 0. The molecule has 2 aromatic rings. The van der Waals surface area contributed by atoms with Crippen LogP contribution in [0.25, 0.3) is 0 Å². The molecule has 1 atom stereocenters. The van der Waals surface area contributed by atoms with Gasteiger partial charge in [0.15, 0.2) is 0 Å². The van der Waals surface area contributed by atoms with Crippen molar-refractivity contribution in [2.75, 3.05) is 13.1 Å². The van der Waals surface area contributed by atoms with Gasteiger partial charge in [-0.3, -0.25) is 4.90 Å². The van der Waals surface area contributed by atoms with E-state index in [-0.39, 0.29) is 0 Å². The van der Waals surface area contributed by atoms with E-state index in [9.17, 15) is 5.11 Å². The molecule has 0 aliphatic carbocycles. The first-order valence-corrected chi connectivity index (χ1v) is 7.36. The van der Waals surface area contributed by atoms with E-state index >= 15 is 0 Å². The summed E-state index contributed by atoms with van der Waals surface area (Å²) in [6.45, 7) is 7.06. The van der Waals surface area contributed by atoms with Crippen LogP contribution in [0, 0.1) is 0 Å². The summed E-state index contributed by atoms with van der Waals surface area (Å²) in [5.74, 6) is 1.05. The lowest BCUT2D eigenvalue weighted by atomic mass is 10.0. The molecule has 21 heavy (non-hydrogen) atoms. The van der Waals surface area contributed by atoms with E-state index in [1.165, 1.54) is 0 Å². The Morgan fingerprint density at radius 1 is 1.33 bits per heavy atom. The average molecular weight is 290 g/mol. The van der Waals surface area contributed by atoms with Gasteiger partial charge in [-0.05, 0) is 20.3 Å². The summed E-state index contributed by atoms with van der Waals surface area (Å²) in [5.41, 5.74) is -0.733. The molecular weight excluding hydrogens is 268 g/mol. The van der Waals surface area contributed by atoms with Crippen LogP contribution in [0.15, 0.2) is 24.8 Å². The molecule has 1 saturated heterocycles. The molecule has 0 amide bonds. The Labute approximate surface area is 124 Å². The third-order valence-electron chi connectivity index (χ3n) is 4.01. The highest BCUT2D eigenvalue weighted by molar-refractivity contribution is 4.98. The van der Waals surface area contributed by atoms with Crippen molar-refractivity contribution >= 4 is 0 Å². The molecule has 0 spiro atoms. The maximum absolute atomic E-state index is 10.7. The molecule has 1 unspecified atom stereocenters. The number of hydrogen-bond acceptors (Lipinski definition) is 5. The summed E-state index contributed by atoms with van der Waals surface area (Å²) < 4.78 is 3.87. The molecule has 2 aromatic heterocycles. The van der Waals surface area contributed by atoms with E-state index in [0.717, 1.165) is 25.3 Å². The summed E-state index contributed by atoms with van der Waals surface area (Å²) in [4.78, 5) is 6.68. The van der Waals surface area contributed by atoms with Gasteiger partial charge in [0.2, 0.25) is 0 Å². The minimum atomic E-state index is -0.733. The number of β-amino-alcohol motifs (C(OH)–C–C–N with tert-alkyl or cyclic N) is 1. The summed E-state index contributed by atoms with van der Waals surface area (Å²) in [6, 6.07) is 0.402. The Kier molecular flexibility index (Phi) is 3.77. The largest absolute Gasteiger partial charge is 0.387 e. The molecule has 114 valence electrons. The van der Waals surface area contributed by atoms with Crippen LogP contribution in [0.5, 0.6) is 0 Å². The summed E-state index contributed by atoms with van der Waals surface area (Å²) in [5, 5.41) is 18.4. The zero-order chi connectivity index (χ0) is 14.9. The Morgan fingerprint density at radius 3 is 2.90 bits per heavy atom. The van der Waals surface area contributed by atoms with E-state index in [4.69, 9.17) is 0 Å². The molecule has 0 radical (unpaired) electrons. The lowest BCUT2D eigenvalue weighted by molar-refractivity contribution is 0.0271. The van der Waals surface area contributed by atoms with Gasteiger partial charge in [0.1, 0.15) is 5.82 Å². The van der Waals surface area contributed by atoms with Crippen molar-refractivity contribution in [3.8, 4) is 0 Å². The maximum Gasteiger partial charge on any atom is 0.123 e. The second-order valence-corrected chi connectivity index (χ2v) is 6.13. The van der Waals surface area contributed by atoms with Crippen molar-refractivity contribution in [2.24, 2.45) is 0 Å². The quantitative estimate of drug-likeness (QED) is 0.877. The molecule has 0 aromatic carbocycles. The molecule has 1 aliphatic heterocycles. The van der Waals surface area contributed by atoms with Gasteiger partial charge in [-0.25, -0.2) is 9.67 Å². The van der Waals surface area contributed by atoms with Gasteiger partial charge in [-0.1, -0.05) is 5.21 Å². The van der Waals surface area contributed by atoms with Gasteiger partial charge in [-0.2, -0.15) is 0 Å². The van der Waals surface area contributed by atoms with E-state index in [1.54, 1.807) is 17.1 Å². The second kappa shape index (κ2) is 5.57. The van der Waals surface area contributed by atoms with Crippen molar-refractivity contribution in [1.82, 2.24) is 29.4 Å². The minimum Gasteiger partial charge on any atom is -0.387 e. The van der Waals surface area contributed by atoms with E-state index in [1.807, 2.05) is 12.4 Å². The average Bonchev–Trinajstić information content (AvgIpc) is 3.12. The number of aliphatic hydroxyl groups is 1. The first kappa shape index (κ1) is 14.2. The number of imidazole rings is 1.